The molecule has 2 saturated heterocycles. The van der Waals surface area contributed by atoms with Crippen molar-refractivity contribution in [3.63, 3.8) is 0 Å². The summed E-state index contributed by atoms with van der Waals surface area (Å²) in [6, 6.07) is 4.07. The van der Waals surface area contributed by atoms with Gasteiger partial charge in [-0.1, -0.05) is 18.9 Å². The fourth-order valence-corrected chi connectivity index (χ4v) is 5.57. The summed E-state index contributed by atoms with van der Waals surface area (Å²) in [4.78, 5) is 37.2. The van der Waals surface area contributed by atoms with Crippen LogP contribution in [0.25, 0.3) is 9.88 Å². The Kier molecular flexibility index (Phi) is 6.94. The Balaban J connectivity index is 1.23. The van der Waals surface area contributed by atoms with Crippen LogP contribution in [0, 0.1) is 0 Å². The van der Waals surface area contributed by atoms with E-state index in [-0.39, 0.29) is 11.8 Å². The minimum Gasteiger partial charge on any atom is -0.342 e. The number of carbonyl (C=O) groups excluding carboxylic acids is 2. The number of rotatable bonds is 5. The molecule has 6 nitrogen and oxygen atoms in total. The van der Waals surface area contributed by atoms with Crippen molar-refractivity contribution in [2.45, 2.75) is 32.1 Å². The number of hydrogen-bond acceptors (Lipinski definition) is 6. The largest absolute Gasteiger partial charge is 0.342 e. The minimum absolute atomic E-state index is 0.131. The maximum Gasteiger partial charge on any atom is 0.236 e. The lowest BCUT2D eigenvalue weighted by Gasteiger charge is -2.35. The molecule has 8 heteroatoms. The fraction of sp³-hybridized carbons (Fsp3) is 0.571. The number of nitrogens with zero attached hydrogens (tertiary/aromatic N) is 4. The van der Waals surface area contributed by atoms with E-state index in [1.165, 1.54) is 12.8 Å². The molecule has 0 unspecified atom stereocenters. The van der Waals surface area contributed by atoms with E-state index in [0.717, 1.165) is 54.6 Å². The van der Waals surface area contributed by atoms with Gasteiger partial charge in [-0.25, -0.2) is 4.98 Å². The molecule has 0 atom stereocenters. The first-order valence-electron chi connectivity index (χ1n) is 10.5. The fourth-order valence-electron chi connectivity index (χ4n) is 3.94. The van der Waals surface area contributed by atoms with Crippen molar-refractivity contribution in [1.82, 2.24) is 19.7 Å². The molecule has 2 aromatic heterocycles. The Morgan fingerprint density at radius 1 is 0.897 bits per heavy atom. The van der Waals surface area contributed by atoms with E-state index in [4.69, 9.17) is 0 Å². The molecule has 0 N–H and O–H groups in total. The summed E-state index contributed by atoms with van der Waals surface area (Å²) in [5.74, 6) is 0.377. The molecular formula is C21H28N4O2S2. The van der Waals surface area contributed by atoms with E-state index in [0.29, 0.717) is 26.1 Å². The standard InChI is InChI=1S/C21H28N4O2S2/c26-19(14-17-16-29-21(22-17)18-6-5-13-28-18)25-11-9-23(10-12-25)15-20(27)24-7-3-1-2-4-8-24/h5-6,13,16H,1-4,7-12,14-15H2. The first-order chi connectivity index (χ1) is 14.2. The van der Waals surface area contributed by atoms with Crippen LogP contribution in [-0.2, 0) is 16.0 Å². The smallest absolute Gasteiger partial charge is 0.236 e. The van der Waals surface area contributed by atoms with Gasteiger partial charge in [0.2, 0.25) is 11.8 Å². The van der Waals surface area contributed by atoms with Gasteiger partial charge in [-0.3, -0.25) is 14.5 Å². The van der Waals surface area contributed by atoms with Gasteiger partial charge in [-0.15, -0.1) is 22.7 Å². The average molecular weight is 433 g/mol. The summed E-state index contributed by atoms with van der Waals surface area (Å²) in [6.45, 7) is 5.20. The molecule has 0 aliphatic carbocycles. The highest BCUT2D eigenvalue weighted by Crippen LogP contribution is 2.28. The predicted octanol–water partition coefficient (Wildman–Crippen LogP) is 2.96. The zero-order valence-corrected chi connectivity index (χ0v) is 18.3. The molecule has 2 aliphatic heterocycles. The van der Waals surface area contributed by atoms with Crippen molar-refractivity contribution in [3.8, 4) is 9.88 Å². The predicted molar refractivity (Wildman–Crippen MR) is 117 cm³/mol. The van der Waals surface area contributed by atoms with Crippen molar-refractivity contribution in [2.24, 2.45) is 0 Å². The molecule has 2 amide bonds. The topological polar surface area (TPSA) is 56.8 Å². The number of amides is 2. The van der Waals surface area contributed by atoms with Gasteiger partial charge < -0.3 is 9.80 Å². The lowest BCUT2D eigenvalue weighted by Crippen LogP contribution is -2.52. The molecule has 156 valence electrons. The second-order valence-corrected chi connectivity index (χ2v) is 9.56. The van der Waals surface area contributed by atoms with E-state index < -0.39 is 0 Å². The van der Waals surface area contributed by atoms with Gasteiger partial charge in [0.05, 0.1) is 23.5 Å². The van der Waals surface area contributed by atoms with E-state index >= 15 is 0 Å². The number of likely N-dealkylation sites (tertiary alicyclic amines) is 1. The summed E-state index contributed by atoms with van der Waals surface area (Å²) in [5, 5.41) is 5.02. The van der Waals surface area contributed by atoms with Crippen LogP contribution < -0.4 is 0 Å². The van der Waals surface area contributed by atoms with Gasteiger partial charge in [0.25, 0.3) is 0 Å². The number of aromatic nitrogens is 1. The highest BCUT2D eigenvalue weighted by molar-refractivity contribution is 7.20. The Morgan fingerprint density at radius 3 is 2.31 bits per heavy atom. The summed E-state index contributed by atoms with van der Waals surface area (Å²) in [7, 11) is 0. The van der Waals surface area contributed by atoms with Crippen LogP contribution in [0.2, 0.25) is 0 Å². The third-order valence-electron chi connectivity index (χ3n) is 5.66. The maximum atomic E-state index is 12.7. The summed E-state index contributed by atoms with van der Waals surface area (Å²) in [6.07, 6.45) is 5.07. The summed E-state index contributed by atoms with van der Waals surface area (Å²) >= 11 is 3.26. The third kappa shape index (κ3) is 5.43. The Bertz CT molecular complexity index is 805. The molecule has 0 saturated carbocycles. The molecule has 4 heterocycles. The van der Waals surface area contributed by atoms with Gasteiger partial charge in [0, 0.05) is 44.6 Å². The molecular weight excluding hydrogens is 404 g/mol. The van der Waals surface area contributed by atoms with Crippen LogP contribution in [0.15, 0.2) is 22.9 Å². The molecule has 29 heavy (non-hydrogen) atoms. The van der Waals surface area contributed by atoms with Crippen LogP contribution >= 0.6 is 22.7 Å². The van der Waals surface area contributed by atoms with Crippen LogP contribution in [0.4, 0.5) is 0 Å². The van der Waals surface area contributed by atoms with Gasteiger partial charge in [-0.2, -0.15) is 0 Å². The lowest BCUT2D eigenvalue weighted by molar-refractivity contribution is -0.134. The van der Waals surface area contributed by atoms with Crippen LogP contribution in [0.3, 0.4) is 0 Å². The number of hydrogen-bond donors (Lipinski definition) is 0. The van der Waals surface area contributed by atoms with Gasteiger partial charge in [0.15, 0.2) is 0 Å². The van der Waals surface area contributed by atoms with E-state index in [2.05, 4.69) is 16.0 Å². The van der Waals surface area contributed by atoms with Crippen LogP contribution in [0.1, 0.15) is 31.4 Å². The minimum atomic E-state index is 0.131. The Morgan fingerprint density at radius 2 is 1.62 bits per heavy atom. The zero-order valence-electron chi connectivity index (χ0n) is 16.7. The molecule has 4 rings (SSSR count). The lowest BCUT2D eigenvalue weighted by atomic mass is 10.2. The van der Waals surface area contributed by atoms with Gasteiger partial charge in [0.1, 0.15) is 5.01 Å². The monoisotopic (exact) mass is 432 g/mol. The highest BCUT2D eigenvalue weighted by atomic mass is 32.1. The van der Waals surface area contributed by atoms with Crippen LogP contribution in [-0.4, -0.2) is 77.3 Å². The van der Waals surface area contributed by atoms with Crippen molar-refractivity contribution in [2.75, 3.05) is 45.8 Å². The molecule has 2 fully saturated rings. The Labute approximate surface area is 180 Å². The van der Waals surface area contributed by atoms with Crippen LogP contribution in [0.5, 0.6) is 0 Å². The SMILES string of the molecule is O=C(Cc1csc(-c2cccs2)n1)N1CCN(CC(=O)N2CCCCCC2)CC1. The van der Waals surface area contributed by atoms with Crippen molar-refractivity contribution >= 4 is 34.5 Å². The van der Waals surface area contributed by atoms with Gasteiger partial charge in [-0.05, 0) is 24.3 Å². The molecule has 2 aliphatic rings. The van der Waals surface area contributed by atoms with E-state index in [1.807, 2.05) is 26.6 Å². The molecule has 2 aromatic rings. The first-order valence-corrected chi connectivity index (χ1v) is 12.2. The number of piperazine rings is 1. The van der Waals surface area contributed by atoms with Gasteiger partial charge >= 0.3 is 0 Å². The molecule has 0 spiro atoms. The van der Waals surface area contributed by atoms with E-state index in [9.17, 15) is 9.59 Å². The number of thiazole rings is 1. The number of carbonyl (C=O) groups is 2. The van der Waals surface area contributed by atoms with E-state index in [1.54, 1.807) is 22.7 Å². The Hall–Kier alpha value is -1.77. The third-order valence-corrected chi connectivity index (χ3v) is 7.59. The molecule has 0 aromatic carbocycles. The normalized spacial score (nSPS) is 18.6. The highest BCUT2D eigenvalue weighted by Gasteiger charge is 2.25. The second-order valence-electron chi connectivity index (χ2n) is 7.75. The second kappa shape index (κ2) is 9.82. The first kappa shape index (κ1) is 20.5. The average Bonchev–Trinajstić information content (AvgIpc) is 3.34. The van der Waals surface area contributed by atoms with Crippen molar-refractivity contribution in [1.29, 1.82) is 0 Å². The quantitative estimate of drug-likeness (QED) is 0.729. The zero-order chi connectivity index (χ0) is 20.1. The van der Waals surface area contributed by atoms with Crippen molar-refractivity contribution < 1.29 is 9.59 Å². The molecule has 0 bridgehead atoms. The summed E-state index contributed by atoms with van der Waals surface area (Å²) < 4.78 is 0. The summed E-state index contributed by atoms with van der Waals surface area (Å²) in [5.41, 5.74) is 0.849. The van der Waals surface area contributed by atoms with Crippen molar-refractivity contribution in [3.05, 3.63) is 28.6 Å². The maximum absolute atomic E-state index is 12.7. The number of thiophene rings is 1. The molecule has 0 radical (unpaired) electrons.